The normalized spacial score (nSPS) is 25.1. The molecule has 1 fully saturated rings. The summed E-state index contributed by atoms with van der Waals surface area (Å²) in [6.45, 7) is 3.02. The minimum Gasteiger partial charge on any atom is -0.393 e. The predicted molar refractivity (Wildman–Crippen MR) is 45.2 cm³/mol. The van der Waals surface area contributed by atoms with Gasteiger partial charge in [0.2, 0.25) is 0 Å². The van der Waals surface area contributed by atoms with Crippen LogP contribution in [0.25, 0.3) is 0 Å². The highest BCUT2D eigenvalue weighted by molar-refractivity contribution is 5.93. The third-order valence-electron chi connectivity index (χ3n) is 2.32. The molecule has 1 N–H and O–H groups in total. The molecule has 1 saturated heterocycles. The standard InChI is InChI=1S/C9H13NO2/c1-3-9(12)10-5-4-8(6-10)7(2)11/h1,7-8,11H,4-6H2,2H3. The number of nitrogens with zero attached hydrogens (tertiary/aromatic N) is 1. The van der Waals surface area contributed by atoms with Crippen molar-refractivity contribution in [3.05, 3.63) is 0 Å². The van der Waals surface area contributed by atoms with Gasteiger partial charge >= 0.3 is 0 Å². The molecule has 66 valence electrons. The Morgan fingerprint density at radius 2 is 2.50 bits per heavy atom. The third-order valence-corrected chi connectivity index (χ3v) is 2.32. The van der Waals surface area contributed by atoms with E-state index in [-0.39, 0.29) is 17.9 Å². The van der Waals surface area contributed by atoms with Crippen molar-refractivity contribution in [2.45, 2.75) is 19.4 Å². The predicted octanol–water partition coefficient (Wildman–Crippen LogP) is -0.151. The lowest BCUT2D eigenvalue weighted by Gasteiger charge is -2.14. The highest BCUT2D eigenvalue weighted by Crippen LogP contribution is 2.19. The second-order valence-corrected chi connectivity index (χ2v) is 3.18. The van der Waals surface area contributed by atoms with E-state index in [0.29, 0.717) is 13.1 Å². The first-order chi connectivity index (χ1) is 5.65. The van der Waals surface area contributed by atoms with Gasteiger partial charge in [0.25, 0.3) is 5.91 Å². The Kier molecular flexibility index (Phi) is 2.72. The quantitative estimate of drug-likeness (QED) is 0.552. The third kappa shape index (κ3) is 1.77. The van der Waals surface area contributed by atoms with E-state index in [1.807, 2.05) is 0 Å². The number of hydrogen-bond acceptors (Lipinski definition) is 2. The average molecular weight is 167 g/mol. The van der Waals surface area contributed by atoms with E-state index in [1.54, 1.807) is 11.8 Å². The topological polar surface area (TPSA) is 40.5 Å². The number of rotatable bonds is 1. The van der Waals surface area contributed by atoms with Gasteiger partial charge in [0.15, 0.2) is 0 Å². The molecule has 0 bridgehead atoms. The van der Waals surface area contributed by atoms with Crippen LogP contribution in [0.5, 0.6) is 0 Å². The number of amides is 1. The van der Waals surface area contributed by atoms with Gasteiger partial charge in [-0.1, -0.05) is 0 Å². The largest absolute Gasteiger partial charge is 0.393 e. The van der Waals surface area contributed by atoms with Crippen molar-refractivity contribution < 1.29 is 9.90 Å². The van der Waals surface area contributed by atoms with E-state index in [1.165, 1.54) is 0 Å². The number of aliphatic hydroxyl groups is 1. The summed E-state index contributed by atoms with van der Waals surface area (Å²) in [5.74, 6) is 2.00. The maximum Gasteiger partial charge on any atom is 0.298 e. The van der Waals surface area contributed by atoms with Crippen molar-refractivity contribution >= 4 is 5.91 Å². The second-order valence-electron chi connectivity index (χ2n) is 3.18. The van der Waals surface area contributed by atoms with Gasteiger partial charge in [-0.15, -0.1) is 6.42 Å². The molecular formula is C9H13NO2. The van der Waals surface area contributed by atoms with Crippen LogP contribution < -0.4 is 0 Å². The van der Waals surface area contributed by atoms with E-state index < -0.39 is 0 Å². The zero-order chi connectivity index (χ0) is 9.14. The van der Waals surface area contributed by atoms with Crippen molar-refractivity contribution in [3.8, 4) is 12.3 Å². The second kappa shape index (κ2) is 3.59. The molecule has 3 heteroatoms. The fourth-order valence-electron chi connectivity index (χ4n) is 1.46. The molecule has 0 aromatic carbocycles. The summed E-state index contributed by atoms with van der Waals surface area (Å²) < 4.78 is 0. The lowest BCUT2D eigenvalue weighted by Crippen LogP contribution is -2.29. The summed E-state index contributed by atoms with van der Waals surface area (Å²) in [5.41, 5.74) is 0. The molecule has 0 aromatic heterocycles. The molecule has 1 heterocycles. The van der Waals surface area contributed by atoms with Crippen LogP contribution in [-0.2, 0) is 4.79 Å². The summed E-state index contributed by atoms with van der Waals surface area (Å²) in [7, 11) is 0. The lowest BCUT2D eigenvalue weighted by atomic mass is 10.0. The molecule has 2 unspecified atom stereocenters. The summed E-state index contributed by atoms with van der Waals surface area (Å²) in [4.78, 5) is 12.6. The summed E-state index contributed by atoms with van der Waals surface area (Å²) >= 11 is 0. The molecule has 2 atom stereocenters. The van der Waals surface area contributed by atoms with Gasteiger partial charge in [-0.3, -0.25) is 4.79 Å². The summed E-state index contributed by atoms with van der Waals surface area (Å²) in [5, 5.41) is 9.23. The lowest BCUT2D eigenvalue weighted by molar-refractivity contribution is -0.124. The number of carbonyl (C=O) groups excluding carboxylic acids is 1. The fourth-order valence-corrected chi connectivity index (χ4v) is 1.46. The van der Waals surface area contributed by atoms with E-state index in [2.05, 4.69) is 5.92 Å². The SMILES string of the molecule is C#CC(=O)N1CCC(C(C)O)C1. The first-order valence-corrected chi connectivity index (χ1v) is 4.08. The van der Waals surface area contributed by atoms with Crippen LogP contribution in [0.3, 0.4) is 0 Å². The van der Waals surface area contributed by atoms with Gasteiger partial charge in [0.1, 0.15) is 0 Å². The van der Waals surface area contributed by atoms with Crippen LogP contribution in [0.2, 0.25) is 0 Å². The first-order valence-electron chi connectivity index (χ1n) is 4.08. The molecule has 3 nitrogen and oxygen atoms in total. The maximum atomic E-state index is 11.0. The maximum absolute atomic E-state index is 11.0. The monoisotopic (exact) mass is 167 g/mol. The molecule has 1 amide bonds. The number of hydrogen-bond donors (Lipinski definition) is 1. The van der Waals surface area contributed by atoms with E-state index in [4.69, 9.17) is 6.42 Å². The highest BCUT2D eigenvalue weighted by Gasteiger charge is 2.27. The smallest absolute Gasteiger partial charge is 0.298 e. The van der Waals surface area contributed by atoms with Crippen LogP contribution in [0.1, 0.15) is 13.3 Å². The van der Waals surface area contributed by atoms with E-state index in [9.17, 15) is 9.90 Å². The Labute approximate surface area is 72.4 Å². The number of carbonyl (C=O) groups is 1. The van der Waals surface area contributed by atoms with Gasteiger partial charge in [-0.2, -0.15) is 0 Å². The Bertz CT molecular complexity index is 217. The Hall–Kier alpha value is -1.01. The average Bonchev–Trinajstić information content (AvgIpc) is 2.51. The minimum absolute atomic E-state index is 0.197. The van der Waals surface area contributed by atoms with Gasteiger partial charge in [-0.05, 0) is 19.3 Å². The summed E-state index contributed by atoms with van der Waals surface area (Å²) in [6.07, 6.45) is 5.48. The van der Waals surface area contributed by atoms with E-state index >= 15 is 0 Å². The van der Waals surface area contributed by atoms with Crippen LogP contribution in [-0.4, -0.2) is 35.1 Å². The van der Waals surface area contributed by atoms with Gasteiger partial charge in [0, 0.05) is 19.0 Å². The molecular weight excluding hydrogens is 154 g/mol. The van der Waals surface area contributed by atoms with Crippen LogP contribution >= 0.6 is 0 Å². The number of aliphatic hydroxyl groups excluding tert-OH is 1. The van der Waals surface area contributed by atoms with Crippen molar-refractivity contribution in [2.75, 3.05) is 13.1 Å². The van der Waals surface area contributed by atoms with Crippen molar-refractivity contribution in [1.82, 2.24) is 4.90 Å². The van der Waals surface area contributed by atoms with Crippen LogP contribution in [0, 0.1) is 18.3 Å². The van der Waals surface area contributed by atoms with Crippen LogP contribution in [0.15, 0.2) is 0 Å². The van der Waals surface area contributed by atoms with Crippen LogP contribution in [0.4, 0.5) is 0 Å². The minimum atomic E-state index is -0.347. The molecule has 0 radical (unpaired) electrons. The molecule has 0 aromatic rings. The zero-order valence-electron chi connectivity index (χ0n) is 7.16. The van der Waals surface area contributed by atoms with Gasteiger partial charge < -0.3 is 10.0 Å². The Morgan fingerprint density at radius 3 is 2.92 bits per heavy atom. The van der Waals surface area contributed by atoms with Crippen molar-refractivity contribution in [3.63, 3.8) is 0 Å². The highest BCUT2D eigenvalue weighted by atomic mass is 16.3. The molecule has 1 aliphatic heterocycles. The first kappa shape index (κ1) is 9.08. The molecule has 1 rings (SSSR count). The summed E-state index contributed by atoms with van der Waals surface area (Å²) in [6, 6.07) is 0. The number of terminal acetylenes is 1. The molecule has 0 aliphatic carbocycles. The van der Waals surface area contributed by atoms with Gasteiger partial charge in [0.05, 0.1) is 6.10 Å². The van der Waals surface area contributed by atoms with Crippen molar-refractivity contribution in [1.29, 1.82) is 0 Å². The Balaban J connectivity index is 2.47. The van der Waals surface area contributed by atoms with Gasteiger partial charge in [-0.25, -0.2) is 0 Å². The number of likely N-dealkylation sites (tertiary alicyclic amines) is 1. The molecule has 1 aliphatic rings. The van der Waals surface area contributed by atoms with Crippen molar-refractivity contribution in [2.24, 2.45) is 5.92 Å². The molecule has 0 spiro atoms. The fraction of sp³-hybridized carbons (Fsp3) is 0.667. The van der Waals surface area contributed by atoms with E-state index in [0.717, 1.165) is 6.42 Å². The molecule has 0 saturated carbocycles. The zero-order valence-corrected chi connectivity index (χ0v) is 7.16. The Morgan fingerprint density at radius 1 is 1.83 bits per heavy atom. The molecule has 12 heavy (non-hydrogen) atoms.